The first-order valence-corrected chi connectivity index (χ1v) is 13.9. The number of aryl methyl sites for hydroxylation is 2. The van der Waals surface area contributed by atoms with E-state index in [0.29, 0.717) is 11.6 Å². The van der Waals surface area contributed by atoms with E-state index in [-0.39, 0.29) is 5.56 Å². The van der Waals surface area contributed by atoms with Crippen molar-refractivity contribution in [3.05, 3.63) is 94.2 Å². The van der Waals surface area contributed by atoms with E-state index in [0.717, 1.165) is 36.4 Å². The summed E-state index contributed by atoms with van der Waals surface area (Å²) in [6, 6.07) is 12.3. The molecule has 1 aliphatic heterocycles. The molecule has 0 atom stereocenters. The molecule has 0 fully saturated rings. The smallest absolute Gasteiger partial charge is 0.271 e. The quantitative estimate of drug-likeness (QED) is 0.360. The van der Waals surface area contributed by atoms with Crippen LogP contribution in [0.3, 0.4) is 0 Å². The van der Waals surface area contributed by atoms with Crippen molar-refractivity contribution >= 4 is 62.8 Å². The van der Waals surface area contributed by atoms with Crippen LogP contribution in [0.15, 0.2) is 57.7 Å². The van der Waals surface area contributed by atoms with E-state index in [1.807, 2.05) is 36.7 Å². The Balaban J connectivity index is 1.61. The molecule has 0 unspecified atom stereocenters. The molecule has 0 amide bonds. The van der Waals surface area contributed by atoms with Gasteiger partial charge in [0, 0.05) is 29.1 Å². The number of nitrogens with zero attached hydrogens (tertiary/aromatic N) is 3. The summed E-state index contributed by atoms with van der Waals surface area (Å²) in [5.74, 6) is 0. The van der Waals surface area contributed by atoms with Gasteiger partial charge >= 0.3 is 0 Å². The number of benzene rings is 2. The highest BCUT2D eigenvalue weighted by Crippen LogP contribution is 2.46. The lowest BCUT2D eigenvalue weighted by molar-refractivity contribution is -0.685. The van der Waals surface area contributed by atoms with Crippen molar-refractivity contribution < 1.29 is 4.57 Å². The Morgan fingerprint density at radius 3 is 2.65 bits per heavy atom. The topological polar surface area (TPSA) is 29.1 Å². The molecular weight excluding hydrogens is 502 g/mol. The van der Waals surface area contributed by atoms with E-state index in [9.17, 15) is 4.79 Å². The molecule has 34 heavy (non-hydrogen) atoms. The van der Waals surface area contributed by atoms with Crippen LogP contribution in [-0.2, 0) is 13.1 Å². The van der Waals surface area contributed by atoms with E-state index in [1.54, 1.807) is 34.4 Å². The van der Waals surface area contributed by atoms with Crippen LogP contribution in [0.5, 0.6) is 0 Å². The van der Waals surface area contributed by atoms with Gasteiger partial charge in [0.2, 0.25) is 0 Å². The zero-order valence-corrected chi connectivity index (χ0v) is 22.7. The van der Waals surface area contributed by atoms with Gasteiger partial charge in [-0.2, -0.15) is 4.57 Å². The zero-order valence-electron chi connectivity index (χ0n) is 19.5. The van der Waals surface area contributed by atoms with E-state index in [2.05, 4.69) is 59.2 Å². The Morgan fingerprint density at radius 2 is 1.91 bits per heavy atom. The number of halogens is 1. The zero-order chi connectivity index (χ0) is 24.0. The van der Waals surface area contributed by atoms with Crippen LogP contribution >= 0.6 is 46.0 Å². The number of rotatable bonds is 4. The van der Waals surface area contributed by atoms with Gasteiger partial charge in [0.15, 0.2) is 12.7 Å². The molecule has 0 saturated heterocycles. The van der Waals surface area contributed by atoms with Crippen LogP contribution in [0.25, 0.3) is 11.1 Å². The van der Waals surface area contributed by atoms with Crippen LogP contribution in [0.1, 0.15) is 28.6 Å². The van der Waals surface area contributed by atoms with Crippen molar-refractivity contribution in [1.82, 2.24) is 4.57 Å². The van der Waals surface area contributed by atoms with Gasteiger partial charge < -0.3 is 4.90 Å². The standard InChI is InChI=1S/C26H25ClN3OS3/c1-5-30-23(14-22-29(11-12-32-22)15-19-16(2)7-6-8-17(19)3)34-24(25(30)31)26-28(4)20-10-9-18(27)13-21(20)33-26/h6-14H,5,15H2,1-4H3/q+1/b26-24+. The SMILES string of the molecule is CCn1c(=O)/c(=C2\Sc3cc(Cl)ccc3N2C)s/c1=C\c1scc[n+]1Cc1c(C)cccc1C. The molecule has 0 bridgehead atoms. The van der Waals surface area contributed by atoms with Crippen molar-refractivity contribution in [3.63, 3.8) is 0 Å². The summed E-state index contributed by atoms with van der Waals surface area (Å²) >= 11 is 11.1. The minimum absolute atomic E-state index is 0.0601. The number of hydrogen-bond donors (Lipinski definition) is 0. The van der Waals surface area contributed by atoms with Crippen molar-refractivity contribution in [2.24, 2.45) is 0 Å². The number of thiazole rings is 2. The Labute approximate surface area is 216 Å². The number of anilines is 1. The second-order valence-corrected chi connectivity index (χ2v) is 11.7. The second-order valence-electron chi connectivity index (χ2n) is 8.28. The highest BCUT2D eigenvalue weighted by atomic mass is 35.5. The van der Waals surface area contributed by atoms with Crippen molar-refractivity contribution in [1.29, 1.82) is 0 Å². The van der Waals surface area contributed by atoms with Gasteiger partial charge in [-0.15, -0.1) is 11.3 Å². The molecule has 4 aromatic rings. The van der Waals surface area contributed by atoms with Gasteiger partial charge in [-0.25, -0.2) is 0 Å². The van der Waals surface area contributed by atoms with Crippen LogP contribution in [0.2, 0.25) is 5.02 Å². The van der Waals surface area contributed by atoms with E-state index >= 15 is 0 Å². The van der Waals surface area contributed by atoms with Crippen LogP contribution in [0.4, 0.5) is 5.69 Å². The number of hydrogen-bond acceptors (Lipinski definition) is 5. The third-order valence-electron chi connectivity index (χ3n) is 6.15. The molecule has 0 aliphatic carbocycles. The summed E-state index contributed by atoms with van der Waals surface area (Å²) in [6.07, 6.45) is 4.28. The third kappa shape index (κ3) is 4.15. The van der Waals surface area contributed by atoms with Crippen molar-refractivity contribution in [2.75, 3.05) is 11.9 Å². The average molecular weight is 527 g/mol. The summed E-state index contributed by atoms with van der Waals surface area (Å²) in [6.45, 7) is 7.80. The maximum atomic E-state index is 13.4. The number of thioether (sulfide) groups is 1. The van der Waals surface area contributed by atoms with Crippen LogP contribution in [-0.4, -0.2) is 11.6 Å². The van der Waals surface area contributed by atoms with Gasteiger partial charge in [-0.1, -0.05) is 52.9 Å². The lowest BCUT2D eigenvalue weighted by Crippen LogP contribution is -2.36. The predicted octanol–water partition coefficient (Wildman–Crippen LogP) is 4.73. The Bertz CT molecular complexity index is 1560. The molecule has 0 saturated carbocycles. The first kappa shape index (κ1) is 23.4. The molecule has 8 heteroatoms. The van der Waals surface area contributed by atoms with Crippen molar-refractivity contribution in [2.45, 2.75) is 38.8 Å². The highest BCUT2D eigenvalue weighted by Gasteiger charge is 2.25. The van der Waals surface area contributed by atoms with Crippen LogP contribution < -0.4 is 24.2 Å². The molecule has 0 radical (unpaired) electrons. The predicted molar refractivity (Wildman–Crippen MR) is 146 cm³/mol. The summed E-state index contributed by atoms with van der Waals surface area (Å²) in [4.78, 5) is 16.6. The molecule has 0 spiro atoms. The lowest BCUT2D eigenvalue weighted by Gasteiger charge is -2.12. The molecule has 0 N–H and O–H groups in total. The lowest BCUT2D eigenvalue weighted by atomic mass is 10.0. The Morgan fingerprint density at radius 1 is 1.15 bits per heavy atom. The summed E-state index contributed by atoms with van der Waals surface area (Å²) in [5.41, 5.74) is 5.08. The second kappa shape index (κ2) is 9.38. The van der Waals surface area contributed by atoms with E-state index in [1.165, 1.54) is 16.7 Å². The minimum Gasteiger partial charge on any atom is -0.337 e. The largest absolute Gasteiger partial charge is 0.337 e. The Hall–Kier alpha value is -2.32. The number of aromatic nitrogens is 2. The maximum absolute atomic E-state index is 13.4. The van der Waals surface area contributed by atoms with Gasteiger partial charge in [-0.3, -0.25) is 9.36 Å². The first-order chi connectivity index (χ1) is 16.4. The van der Waals surface area contributed by atoms with E-state index < -0.39 is 0 Å². The maximum Gasteiger partial charge on any atom is 0.271 e. The molecule has 5 rings (SSSR count). The summed E-state index contributed by atoms with van der Waals surface area (Å²) < 4.78 is 5.88. The normalized spacial score (nSPS) is 15.3. The fourth-order valence-electron chi connectivity index (χ4n) is 4.23. The third-order valence-corrected chi connectivity index (χ3v) is 9.70. The fraction of sp³-hybridized carbons (Fsp3) is 0.231. The fourth-order valence-corrected chi connectivity index (χ4v) is 7.82. The van der Waals surface area contributed by atoms with Crippen molar-refractivity contribution in [3.8, 4) is 0 Å². The van der Waals surface area contributed by atoms with Gasteiger partial charge in [0.05, 0.1) is 17.1 Å². The average Bonchev–Trinajstić information content (AvgIpc) is 3.47. The van der Waals surface area contributed by atoms with Crippen LogP contribution in [0, 0.1) is 13.8 Å². The molecule has 2 aromatic carbocycles. The van der Waals surface area contributed by atoms with Gasteiger partial charge in [0.1, 0.15) is 14.2 Å². The Kier molecular flexibility index (Phi) is 6.46. The minimum atomic E-state index is 0.0601. The molecule has 1 aliphatic rings. The van der Waals surface area contributed by atoms with E-state index in [4.69, 9.17) is 11.6 Å². The molecule has 2 aromatic heterocycles. The number of fused-ring (bicyclic) bond motifs is 1. The summed E-state index contributed by atoms with van der Waals surface area (Å²) in [7, 11) is 2.01. The molecule has 174 valence electrons. The monoisotopic (exact) mass is 526 g/mol. The van der Waals surface area contributed by atoms with Gasteiger partial charge in [-0.05, 0) is 50.1 Å². The van der Waals surface area contributed by atoms with Gasteiger partial charge in [0.25, 0.3) is 10.6 Å². The summed E-state index contributed by atoms with van der Waals surface area (Å²) in [5, 5.41) is 4.91. The first-order valence-electron chi connectivity index (χ1n) is 11.1. The molecule has 4 nitrogen and oxygen atoms in total. The molecular formula is C26H25ClN3OS3+. The molecule has 3 heterocycles. The highest BCUT2D eigenvalue weighted by molar-refractivity contribution is 8.08.